The van der Waals surface area contributed by atoms with E-state index in [9.17, 15) is 9.18 Å². The number of hydrogen-bond acceptors (Lipinski definition) is 2. The first-order chi connectivity index (χ1) is 8.08. The van der Waals surface area contributed by atoms with Gasteiger partial charge >= 0.3 is 0 Å². The molecular formula is C12H13BrFNO2. The molecule has 92 valence electrons. The standard InChI is InChI=1S/C12H13BrFNO2/c1-7-4-10(13)9(5-11(7)14)12(16)15-8-2-3-17-6-8/h4-5,8H,2-3,6H2,1H3,(H,15,16). The normalized spacial score (nSPS) is 19.4. The third-order valence-electron chi connectivity index (χ3n) is 2.76. The Kier molecular flexibility index (Phi) is 3.79. The van der Waals surface area contributed by atoms with E-state index in [-0.39, 0.29) is 17.8 Å². The smallest absolute Gasteiger partial charge is 0.252 e. The van der Waals surface area contributed by atoms with Crippen LogP contribution in [0.5, 0.6) is 0 Å². The molecular weight excluding hydrogens is 289 g/mol. The summed E-state index contributed by atoms with van der Waals surface area (Å²) in [5.41, 5.74) is 0.831. The van der Waals surface area contributed by atoms with Crippen molar-refractivity contribution >= 4 is 21.8 Å². The van der Waals surface area contributed by atoms with E-state index in [0.717, 1.165) is 6.42 Å². The summed E-state index contributed by atoms with van der Waals surface area (Å²) in [4.78, 5) is 11.9. The number of aryl methyl sites for hydroxylation is 1. The zero-order chi connectivity index (χ0) is 12.4. The molecule has 1 N–H and O–H groups in total. The van der Waals surface area contributed by atoms with Gasteiger partial charge in [-0.05, 0) is 47.0 Å². The topological polar surface area (TPSA) is 38.3 Å². The van der Waals surface area contributed by atoms with Crippen molar-refractivity contribution in [2.75, 3.05) is 13.2 Å². The van der Waals surface area contributed by atoms with E-state index >= 15 is 0 Å². The van der Waals surface area contributed by atoms with Gasteiger partial charge in [0.2, 0.25) is 0 Å². The second-order valence-corrected chi connectivity index (χ2v) is 4.97. The molecule has 17 heavy (non-hydrogen) atoms. The highest BCUT2D eigenvalue weighted by Gasteiger charge is 2.20. The first-order valence-corrected chi connectivity index (χ1v) is 6.21. The average molecular weight is 302 g/mol. The van der Waals surface area contributed by atoms with Crippen LogP contribution < -0.4 is 5.32 Å². The monoisotopic (exact) mass is 301 g/mol. The van der Waals surface area contributed by atoms with Crippen LogP contribution in [0.4, 0.5) is 4.39 Å². The zero-order valence-corrected chi connectivity index (χ0v) is 11.0. The summed E-state index contributed by atoms with van der Waals surface area (Å²) in [6.45, 7) is 2.85. The number of carbonyl (C=O) groups excluding carboxylic acids is 1. The number of ether oxygens (including phenoxy) is 1. The first-order valence-electron chi connectivity index (χ1n) is 5.42. The zero-order valence-electron chi connectivity index (χ0n) is 9.43. The van der Waals surface area contributed by atoms with E-state index in [1.165, 1.54) is 6.07 Å². The number of amides is 1. The van der Waals surface area contributed by atoms with Crippen molar-refractivity contribution in [3.05, 3.63) is 33.5 Å². The van der Waals surface area contributed by atoms with Crippen molar-refractivity contribution in [2.45, 2.75) is 19.4 Å². The molecule has 0 bridgehead atoms. The quantitative estimate of drug-likeness (QED) is 0.911. The molecule has 1 heterocycles. The Morgan fingerprint density at radius 3 is 3.00 bits per heavy atom. The Hall–Kier alpha value is -0.940. The molecule has 0 aromatic heterocycles. The Labute approximate surface area is 107 Å². The van der Waals surface area contributed by atoms with Crippen molar-refractivity contribution in [2.24, 2.45) is 0 Å². The van der Waals surface area contributed by atoms with Gasteiger partial charge in [0.1, 0.15) is 5.82 Å². The first kappa shape index (κ1) is 12.5. The van der Waals surface area contributed by atoms with E-state index in [1.54, 1.807) is 13.0 Å². The Balaban J connectivity index is 2.15. The molecule has 3 nitrogen and oxygen atoms in total. The van der Waals surface area contributed by atoms with Crippen molar-refractivity contribution in [3.63, 3.8) is 0 Å². The number of rotatable bonds is 2. The molecule has 0 spiro atoms. The predicted octanol–water partition coefficient (Wildman–Crippen LogP) is 2.42. The third kappa shape index (κ3) is 2.84. The fourth-order valence-corrected chi connectivity index (χ4v) is 2.37. The van der Waals surface area contributed by atoms with E-state index in [1.807, 2.05) is 0 Å². The third-order valence-corrected chi connectivity index (χ3v) is 3.41. The summed E-state index contributed by atoms with van der Waals surface area (Å²) in [6.07, 6.45) is 0.803. The van der Waals surface area contributed by atoms with Crippen LogP contribution in [-0.2, 0) is 4.74 Å². The molecule has 1 aliphatic heterocycles. The van der Waals surface area contributed by atoms with Gasteiger partial charge in [-0.1, -0.05) is 0 Å². The second-order valence-electron chi connectivity index (χ2n) is 4.12. The highest BCUT2D eigenvalue weighted by molar-refractivity contribution is 9.10. The van der Waals surface area contributed by atoms with Gasteiger partial charge in [-0.15, -0.1) is 0 Å². The van der Waals surface area contributed by atoms with Gasteiger partial charge in [0, 0.05) is 11.1 Å². The lowest BCUT2D eigenvalue weighted by Gasteiger charge is -2.12. The summed E-state index contributed by atoms with van der Waals surface area (Å²) in [5.74, 6) is -0.646. The van der Waals surface area contributed by atoms with Gasteiger partial charge < -0.3 is 10.1 Å². The number of halogens is 2. The molecule has 1 unspecified atom stereocenters. The highest BCUT2D eigenvalue weighted by Crippen LogP contribution is 2.21. The molecule has 1 aliphatic rings. The molecule has 1 fully saturated rings. The molecule has 1 saturated heterocycles. The van der Waals surface area contributed by atoms with Gasteiger partial charge in [-0.25, -0.2) is 4.39 Å². The van der Waals surface area contributed by atoms with Gasteiger partial charge in [0.25, 0.3) is 5.91 Å². The van der Waals surface area contributed by atoms with E-state index in [0.29, 0.717) is 28.8 Å². The van der Waals surface area contributed by atoms with Crippen LogP contribution in [0, 0.1) is 12.7 Å². The fraction of sp³-hybridized carbons (Fsp3) is 0.417. The van der Waals surface area contributed by atoms with Crippen LogP contribution in [-0.4, -0.2) is 25.2 Å². The van der Waals surface area contributed by atoms with Crippen LogP contribution in [0.1, 0.15) is 22.3 Å². The minimum absolute atomic E-state index is 0.0266. The molecule has 0 aliphatic carbocycles. The van der Waals surface area contributed by atoms with Gasteiger partial charge in [-0.3, -0.25) is 4.79 Å². The minimum atomic E-state index is -0.374. The largest absolute Gasteiger partial charge is 0.379 e. The molecule has 0 radical (unpaired) electrons. The Morgan fingerprint density at radius 2 is 2.35 bits per heavy atom. The van der Waals surface area contributed by atoms with Crippen molar-refractivity contribution in [1.82, 2.24) is 5.32 Å². The summed E-state index contributed by atoms with van der Waals surface area (Å²) in [5, 5.41) is 2.82. The number of hydrogen-bond donors (Lipinski definition) is 1. The molecule has 1 aromatic carbocycles. The number of benzene rings is 1. The minimum Gasteiger partial charge on any atom is -0.379 e. The average Bonchev–Trinajstić information content (AvgIpc) is 2.76. The maximum Gasteiger partial charge on any atom is 0.252 e. The van der Waals surface area contributed by atoms with E-state index in [4.69, 9.17) is 4.74 Å². The molecule has 5 heteroatoms. The van der Waals surface area contributed by atoms with Crippen LogP contribution in [0.25, 0.3) is 0 Å². The van der Waals surface area contributed by atoms with Crippen LogP contribution in [0.2, 0.25) is 0 Å². The summed E-state index contributed by atoms with van der Waals surface area (Å²) in [6, 6.07) is 2.89. The molecule has 0 saturated carbocycles. The molecule has 1 aromatic rings. The number of nitrogens with one attached hydrogen (secondary N) is 1. The summed E-state index contributed by atoms with van der Waals surface area (Å²) in [7, 11) is 0. The molecule has 1 amide bonds. The SMILES string of the molecule is Cc1cc(Br)c(C(=O)NC2CCOC2)cc1F. The van der Waals surface area contributed by atoms with Crippen molar-refractivity contribution in [3.8, 4) is 0 Å². The van der Waals surface area contributed by atoms with Crippen molar-refractivity contribution < 1.29 is 13.9 Å². The van der Waals surface area contributed by atoms with Crippen LogP contribution >= 0.6 is 15.9 Å². The van der Waals surface area contributed by atoms with E-state index < -0.39 is 0 Å². The van der Waals surface area contributed by atoms with Crippen LogP contribution in [0.15, 0.2) is 16.6 Å². The maximum absolute atomic E-state index is 13.4. The molecule has 1 atom stereocenters. The van der Waals surface area contributed by atoms with Gasteiger partial charge in [0.15, 0.2) is 0 Å². The predicted molar refractivity (Wildman–Crippen MR) is 65.5 cm³/mol. The number of carbonyl (C=O) groups is 1. The van der Waals surface area contributed by atoms with Gasteiger partial charge in [-0.2, -0.15) is 0 Å². The lowest BCUT2D eigenvalue weighted by molar-refractivity contribution is 0.0928. The Bertz CT molecular complexity index is 444. The van der Waals surface area contributed by atoms with Crippen molar-refractivity contribution in [1.29, 1.82) is 0 Å². The summed E-state index contributed by atoms with van der Waals surface area (Å²) >= 11 is 3.27. The van der Waals surface area contributed by atoms with E-state index in [2.05, 4.69) is 21.2 Å². The fourth-order valence-electron chi connectivity index (χ4n) is 1.73. The molecule has 2 rings (SSSR count). The van der Waals surface area contributed by atoms with Crippen LogP contribution in [0.3, 0.4) is 0 Å². The lowest BCUT2D eigenvalue weighted by atomic mass is 10.1. The maximum atomic E-state index is 13.4. The highest BCUT2D eigenvalue weighted by atomic mass is 79.9. The second kappa shape index (κ2) is 5.14. The van der Waals surface area contributed by atoms with Gasteiger partial charge in [0.05, 0.1) is 18.2 Å². The summed E-state index contributed by atoms with van der Waals surface area (Å²) < 4.78 is 19.2. The lowest BCUT2D eigenvalue weighted by Crippen LogP contribution is -2.35. The Morgan fingerprint density at radius 1 is 1.59 bits per heavy atom.